The molecule has 0 aromatic heterocycles. The van der Waals surface area contributed by atoms with Crippen LogP contribution >= 0.6 is 0 Å². The highest BCUT2D eigenvalue weighted by atomic mass is 19.1. The van der Waals surface area contributed by atoms with Gasteiger partial charge in [-0.3, -0.25) is 4.39 Å². The van der Waals surface area contributed by atoms with Gasteiger partial charge in [0.05, 0.1) is 19.9 Å². The van der Waals surface area contributed by atoms with Gasteiger partial charge in [0.2, 0.25) is 0 Å². The standard InChI is InChI=1S/C20H31FO2/c1-17(2)15-7-9-19(14-21)8-5-4-6-16(19)18(15,3)10-11-20(17)22-12-13-23-20/h6,15H,4-5,7-14H2,1-3H3/t15-,18?,19+/m0/s1. The number of hydrogen-bond acceptors (Lipinski definition) is 2. The van der Waals surface area contributed by atoms with Crippen molar-refractivity contribution in [3.63, 3.8) is 0 Å². The van der Waals surface area contributed by atoms with Crippen LogP contribution in [-0.4, -0.2) is 25.7 Å². The Bertz CT molecular complexity index is 520. The number of rotatable bonds is 1. The van der Waals surface area contributed by atoms with Crippen molar-refractivity contribution >= 4 is 0 Å². The molecular formula is C20H31FO2. The molecule has 0 radical (unpaired) electrons. The lowest BCUT2D eigenvalue weighted by Gasteiger charge is -2.64. The fraction of sp³-hybridized carbons (Fsp3) is 0.900. The van der Waals surface area contributed by atoms with Crippen LogP contribution in [-0.2, 0) is 9.47 Å². The van der Waals surface area contributed by atoms with Crippen LogP contribution in [0, 0.1) is 22.2 Å². The van der Waals surface area contributed by atoms with E-state index < -0.39 is 5.79 Å². The molecule has 3 atom stereocenters. The molecule has 0 amide bonds. The van der Waals surface area contributed by atoms with Gasteiger partial charge in [0, 0.05) is 17.3 Å². The second-order valence-electron chi connectivity index (χ2n) is 9.10. The highest BCUT2D eigenvalue weighted by Gasteiger charge is 2.65. The van der Waals surface area contributed by atoms with E-state index in [0.29, 0.717) is 19.1 Å². The van der Waals surface area contributed by atoms with E-state index in [0.717, 1.165) is 44.9 Å². The molecule has 1 spiro atoms. The minimum atomic E-state index is -0.415. The largest absolute Gasteiger partial charge is 0.347 e. The van der Waals surface area contributed by atoms with Crippen LogP contribution in [0.4, 0.5) is 4.39 Å². The lowest BCUT2D eigenvalue weighted by Crippen LogP contribution is -2.62. The highest BCUT2D eigenvalue weighted by molar-refractivity contribution is 5.32. The summed E-state index contributed by atoms with van der Waals surface area (Å²) in [7, 11) is 0. The van der Waals surface area contributed by atoms with Gasteiger partial charge < -0.3 is 9.47 Å². The van der Waals surface area contributed by atoms with Gasteiger partial charge in [0.15, 0.2) is 5.79 Å². The van der Waals surface area contributed by atoms with Crippen LogP contribution in [0.3, 0.4) is 0 Å². The molecule has 0 aromatic rings. The van der Waals surface area contributed by atoms with E-state index in [9.17, 15) is 4.39 Å². The Morgan fingerprint density at radius 2 is 1.83 bits per heavy atom. The number of fused-ring (bicyclic) bond motifs is 3. The van der Waals surface area contributed by atoms with Crippen LogP contribution in [0.25, 0.3) is 0 Å². The second kappa shape index (κ2) is 5.05. The molecule has 2 saturated carbocycles. The maximum absolute atomic E-state index is 14.1. The lowest BCUT2D eigenvalue weighted by molar-refractivity contribution is -0.285. The SMILES string of the molecule is CC12CCC3(OCCO3)C(C)(C)[C@@H]1CC[C@@]1(CF)CCCC=C21. The smallest absolute Gasteiger partial charge is 0.173 e. The summed E-state index contributed by atoms with van der Waals surface area (Å²) >= 11 is 0. The van der Waals surface area contributed by atoms with Crippen LogP contribution in [0.1, 0.15) is 65.7 Å². The average Bonchev–Trinajstić information content (AvgIpc) is 3.03. The van der Waals surface area contributed by atoms with Gasteiger partial charge in [-0.1, -0.05) is 32.4 Å². The number of alkyl halides is 1. The maximum Gasteiger partial charge on any atom is 0.173 e. The zero-order valence-electron chi connectivity index (χ0n) is 14.9. The Morgan fingerprint density at radius 1 is 1.09 bits per heavy atom. The normalized spacial score (nSPS) is 44.5. The number of halogens is 1. The summed E-state index contributed by atoms with van der Waals surface area (Å²) in [5.41, 5.74) is 1.35. The molecule has 130 valence electrons. The Balaban J connectivity index is 1.76. The quantitative estimate of drug-likeness (QED) is 0.630. The summed E-state index contributed by atoms with van der Waals surface area (Å²) in [6.07, 6.45) is 9.80. The predicted octanol–water partition coefficient (Wildman–Crippen LogP) is 5.03. The fourth-order valence-corrected chi connectivity index (χ4v) is 6.72. The molecule has 3 heteroatoms. The summed E-state index contributed by atoms with van der Waals surface area (Å²) in [6, 6.07) is 0. The van der Waals surface area contributed by atoms with Crippen molar-refractivity contribution in [3.05, 3.63) is 11.6 Å². The summed E-state index contributed by atoms with van der Waals surface area (Å²) in [6.45, 7) is 8.30. The van der Waals surface area contributed by atoms with E-state index in [1.165, 1.54) is 5.57 Å². The molecule has 0 N–H and O–H groups in total. The third-order valence-corrected chi connectivity index (χ3v) is 7.91. The highest BCUT2D eigenvalue weighted by Crippen LogP contribution is 2.69. The molecular weight excluding hydrogens is 291 g/mol. The lowest BCUT2D eigenvalue weighted by atomic mass is 9.43. The number of ether oxygens (including phenoxy) is 2. The van der Waals surface area contributed by atoms with Crippen molar-refractivity contribution in [2.75, 3.05) is 19.9 Å². The Hall–Kier alpha value is -0.410. The van der Waals surface area contributed by atoms with Crippen LogP contribution in [0.2, 0.25) is 0 Å². The summed E-state index contributed by atoms with van der Waals surface area (Å²) in [5, 5.41) is 0. The predicted molar refractivity (Wildman–Crippen MR) is 88.8 cm³/mol. The number of allylic oxidation sites excluding steroid dienone is 2. The summed E-state index contributed by atoms with van der Waals surface area (Å²) < 4.78 is 26.5. The van der Waals surface area contributed by atoms with E-state index in [1.54, 1.807) is 0 Å². The summed E-state index contributed by atoms with van der Waals surface area (Å²) in [4.78, 5) is 0. The molecule has 1 heterocycles. The first-order valence-electron chi connectivity index (χ1n) is 9.45. The van der Waals surface area contributed by atoms with Crippen LogP contribution in [0.5, 0.6) is 0 Å². The zero-order chi connectivity index (χ0) is 16.3. The molecule has 0 bridgehead atoms. The van der Waals surface area contributed by atoms with Crippen molar-refractivity contribution in [2.45, 2.75) is 71.5 Å². The first-order chi connectivity index (χ1) is 10.9. The summed E-state index contributed by atoms with van der Waals surface area (Å²) in [5.74, 6) is 0.0909. The molecule has 4 rings (SSSR count). The topological polar surface area (TPSA) is 18.5 Å². The molecule has 23 heavy (non-hydrogen) atoms. The molecule has 0 aromatic carbocycles. The molecule has 3 fully saturated rings. The Morgan fingerprint density at radius 3 is 2.52 bits per heavy atom. The van der Waals surface area contributed by atoms with E-state index in [2.05, 4.69) is 26.8 Å². The minimum Gasteiger partial charge on any atom is -0.347 e. The van der Waals surface area contributed by atoms with Gasteiger partial charge in [-0.2, -0.15) is 0 Å². The molecule has 2 nitrogen and oxygen atoms in total. The van der Waals surface area contributed by atoms with Crippen molar-refractivity contribution in [2.24, 2.45) is 22.2 Å². The van der Waals surface area contributed by atoms with Gasteiger partial charge in [-0.05, 0) is 49.9 Å². The van der Waals surface area contributed by atoms with Crippen molar-refractivity contribution in [1.29, 1.82) is 0 Å². The second-order valence-corrected chi connectivity index (χ2v) is 9.10. The van der Waals surface area contributed by atoms with E-state index in [1.807, 2.05) is 0 Å². The van der Waals surface area contributed by atoms with Gasteiger partial charge >= 0.3 is 0 Å². The van der Waals surface area contributed by atoms with E-state index in [-0.39, 0.29) is 22.9 Å². The van der Waals surface area contributed by atoms with Gasteiger partial charge in [-0.15, -0.1) is 0 Å². The maximum atomic E-state index is 14.1. The first kappa shape index (κ1) is 16.1. The van der Waals surface area contributed by atoms with Gasteiger partial charge in [0.1, 0.15) is 0 Å². The van der Waals surface area contributed by atoms with Crippen molar-refractivity contribution < 1.29 is 13.9 Å². The van der Waals surface area contributed by atoms with Crippen LogP contribution < -0.4 is 0 Å². The zero-order valence-corrected chi connectivity index (χ0v) is 14.9. The third kappa shape index (κ3) is 1.93. The monoisotopic (exact) mass is 322 g/mol. The van der Waals surface area contributed by atoms with Crippen LogP contribution in [0.15, 0.2) is 11.6 Å². The molecule has 3 aliphatic carbocycles. The van der Waals surface area contributed by atoms with E-state index in [4.69, 9.17) is 9.47 Å². The Kier molecular flexibility index (Phi) is 3.53. The van der Waals surface area contributed by atoms with Gasteiger partial charge in [-0.25, -0.2) is 0 Å². The van der Waals surface area contributed by atoms with Crippen molar-refractivity contribution in [3.8, 4) is 0 Å². The van der Waals surface area contributed by atoms with Gasteiger partial charge in [0.25, 0.3) is 0 Å². The number of hydrogen-bond donors (Lipinski definition) is 0. The van der Waals surface area contributed by atoms with Crippen molar-refractivity contribution in [1.82, 2.24) is 0 Å². The molecule has 1 unspecified atom stereocenters. The van der Waals surface area contributed by atoms with E-state index >= 15 is 0 Å². The Labute approximate surface area is 139 Å². The average molecular weight is 322 g/mol. The molecule has 4 aliphatic rings. The minimum absolute atomic E-state index is 0.0305. The first-order valence-corrected chi connectivity index (χ1v) is 9.45. The fourth-order valence-electron chi connectivity index (χ4n) is 6.72. The molecule has 1 aliphatic heterocycles. The molecule has 1 saturated heterocycles. The third-order valence-electron chi connectivity index (χ3n) is 7.91.